The van der Waals surface area contributed by atoms with Gasteiger partial charge in [0, 0.05) is 11.6 Å². The van der Waals surface area contributed by atoms with Gasteiger partial charge in [-0.15, -0.1) is 0 Å². The maximum Gasteiger partial charge on any atom is 0.416 e. The predicted octanol–water partition coefficient (Wildman–Crippen LogP) is 6.21. The van der Waals surface area contributed by atoms with Crippen LogP contribution in [0.3, 0.4) is 0 Å². The van der Waals surface area contributed by atoms with Crippen molar-refractivity contribution in [1.82, 2.24) is 4.98 Å². The van der Waals surface area contributed by atoms with E-state index in [9.17, 15) is 18.0 Å². The predicted molar refractivity (Wildman–Crippen MR) is 113 cm³/mol. The fourth-order valence-corrected chi connectivity index (χ4v) is 2.97. The number of carbonyl (C=O) groups is 1. The number of hydrogen-bond donors (Lipinski definition) is 0. The molecule has 1 aromatic heterocycles. The molecule has 168 valence electrons. The molecule has 32 heavy (non-hydrogen) atoms. The number of aryl methyl sites for hydroxylation is 1. The Bertz CT molecular complexity index is 1120. The number of allylic oxidation sites excluding steroid dienone is 1. The summed E-state index contributed by atoms with van der Waals surface area (Å²) in [4.78, 5) is 16.0. The van der Waals surface area contributed by atoms with Crippen molar-refractivity contribution in [2.24, 2.45) is 0 Å². The quantitative estimate of drug-likeness (QED) is 0.319. The lowest BCUT2D eigenvalue weighted by Gasteiger charge is -2.09. The first kappa shape index (κ1) is 23.1. The number of rotatable bonds is 7. The molecule has 0 radical (unpaired) electrons. The van der Waals surface area contributed by atoms with Gasteiger partial charge in [0.1, 0.15) is 24.3 Å². The van der Waals surface area contributed by atoms with Gasteiger partial charge >= 0.3 is 12.1 Å². The number of hydrogen-bond acceptors (Lipinski definition) is 5. The van der Waals surface area contributed by atoms with E-state index >= 15 is 0 Å². The minimum atomic E-state index is -4.40. The van der Waals surface area contributed by atoms with Gasteiger partial charge in [-0.3, -0.25) is 0 Å². The van der Waals surface area contributed by atoms with Gasteiger partial charge in [-0.2, -0.15) is 13.2 Å². The van der Waals surface area contributed by atoms with Gasteiger partial charge < -0.3 is 13.9 Å². The minimum absolute atomic E-state index is 0.105. The summed E-state index contributed by atoms with van der Waals surface area (Å²) in [7, 11) is 0. The zero-order chi connectivity index (χ0) is 23.3. The highest BCUT2D eigenvalue weighted by molar-refractivity contribution is 5.91. The van der Waals surface area contributed by atoms with Crippen LogP contribution in [0.1, 0.15) is 36.2 Å². The number of halogens is 3. The molecule has 0 aliphatic rings. The van der Waals surface area contributed by atoms with E-state index in [2.05, 4.69) is 4.98 Å². The maximum atomic E-state index is 12.7. The molecule has 0 amide bonds. The van der Waals surface area contributed by atoms with Crippen LogP contribution in [-0.2, 0) is 22.3 Å². The molecule has 8 heteroatoms. The second kappa shape index (κ2) is 9.72. The van der Waals surface area contributed by atoms with E-state index in [4.69, 9.17) is 13.9 Å². The number of oxazole rings is 1. The summed E-state index contributed by atoms with van der Waals surface area (Å²) in [6.07, 6.45) is -1.57. The van der Waals surface area contributed by atoms with Crippen molar-refractivity contribution in [1.29, 1.82) is 0 Å². The van der Waals surface area contributed by atoms with Gasteiger partial charge in [-0.25, -0.2) is 9.78 Å². The second-order valence-corrected chi connectivity index (χ2v) is 7.12. The second-order valence-electron chi connectivity index (χ2n) is 7.12. The molecule has 0 fully saturated rings. The molecule has 0 aliphatic heterocycles. The van der Waals surface area contributed by atoms with Crippen LogP contribution in [0.2, 0.25) is 0 Å². The Labute approximate surface area is 183 Å². The first-order valence-electron chi connectivity index (χ1n) is 9.87. The molecule has 0 aliphatic carbocycles. The van der Waals surface area contributed by atoms with E-state index in [0.717, 1.165) is 28.8 Å². The Morgan fingerprint density at radius 1 is 1.16 bits per heavy atom. The number of benzene rings is 2. The summed E-state index contributed by atoms with van der Waals surface area (Å²) in [5.74, 6) is 0.374. The first-order chi connectivity index (χ1) is 15.2. The molecule has 3 rings (SSSR count). The molecule has 0 N–H and O–H groups in total. The van der Waals surface area contributed by atoms with Crippen molar-refractivity contribution in [3.63, 3.8) is 0 Å². The molecule has 0 saturated carbocycles. The number of nitrogens with zero attached hydrogens (tertiary/aromatic N) is 1. The lowest BCUT2D eigenvalue weighted by atomic mass is 10.0. The van der Waals surface area contributed by atoms with E-state index in [1.165, 1.54) is 24.5 Å². The van der Waals surface area contributed by atoms with Crippen LogP contribution in [0.15, 0.2) is 59.2 Å². The van der Waals surface area contributed by atoms with E-state index in [0.29, 0.717) is 23.6 Å². The Morgan fingerprint density at radius 3 is 2.53 bits per heavy atom. The molecule has 0 bridgehead atoms. The third-order valence-corrected chi connectivity index (χ3v) is 4.52. The number of aromatic nitrogens is 1. The van der Waals surface area contributed by atoms with Crippen LogP contribution in [0.5, 0.6) is 5.75 Å². The third-order valence-electron chi connectivity index (χ3n) is 4.52. The molecule has 2 aromatic carbocycles. The first-order valence-corrected chi connectivity index (χ1v) is 9.87. The van der Waals surface area contributed by atoms with Crippen LogP contribution >= 0.6 is 0 Å². The van der Waals surface area contributed by atoms with Gasteiger partial charge in [-0.1, -0.05) is 6.07 Å². The van der Waals surface area contributed by atoms with Crippen molar-refractivity contribution < 1.29 is 31.9 Å². The molecule has 0 saturated heterocycles. The van der Waals surface area contributed by atoms with E-state index in [1.54, 1.807) is 13.0 Å². The smallest absolute Gasteiger partial charge is 0.416 e. The van der Waals surface area contributed by atoms with Crippen LogP contribution in [0.25, 0.3) is 17.0 Å². The molecule has 5 nitrogen and oxygen atoms in total. The fourth-order valence-electron chi connectivity index (χ4n) is 2.97. The normalized spacial score (nSPS) is 12.0. The van der Waals surface area contributed by atoms with E-state index < -0.39 is 17.7 Å². The minimum Gasteiger partial charge on any atom is -0.487 e. The van der Waals surface area contributed by atoms with E-state index in [-0.39, 0.29) is 12.5 Å². The Hall–Kier alpha value is -3.55. The topological polar surface area (TPSA) is 61.6 Å². The van der Waals surface area contributed by atoms with Crippen molar-refractivity contribution >= 4 is 11.5 Å². The summed E-state index contributed by atoms with van der Waals surface area (Å²) in [6, 6.07) is 10.2. The van der Waals surface area contributed by atoms with Crippen LogP contribution in [0.4, 0.5) is 13.2 Å². The molecule has 0 atom stereocenters. The maximum absolute atomic E-state index is 12.7. The Kier molecular flexibility index (Phi) is 7.02. The monoisotopic (exact) mass is 445 g/mol. The van der Waals surface area contributed by atoms with Crippen LogP contribution < -0.4 is 4.74 Å². The zero-order valence-corrected chi connectivity index (χ0v) is 17.8. The number of alkyl halides is 3. The van der Waals surface area contributed by atoms with Crippen molar-refractivity contribution in [3.05, 3.63) is 77.2 Å². The lowest BCUT2D eigenvalue weighted by molar-refractivity contribution is -0.138. The van der Waals surface area contributed by atoms with E-state index in [1.807, 2.05) is 26.0 Å². The van der Waals surface area contributed by atoms with Gasteiger partial charge in [0.25, 0.3) is 0 Å². The van der Waals surface area contributed by atoms with Crippen molar-refractivity contribution in [3.8, 4) is 17.2 Å². The average Bonchev–Trinajstić information content (AvgIpc) is 3.20. The molecular weight excluding hydrogens is 423 g/mol. The average molecular weight is 445 g/mol. The number of ether oxygens (including phenoxy) is 2. The summed E-state index contributed by atoms with van der Waals surface area (Å²) in [5, 5.41) is 0. The highest BCUT2D eigenvalue weighted by Gasteiger charge is 2.30. The standard InChI is InChI=1S/C24H22F3NO4/c1-4-30-22(29)11-16(3)18-9-15(2)10-21(12-18)31-13-20-14-32-23(28-20)17-5-7-19(8-6-17)24(25,26)27/h5-12,14H,4,13H2,1-3H3. The summed E-state index contributed by atoms with van der Waals surface area (Å²) in [6.45, 7) is 5.87. The summed E-state index contributed by atoms with van der Waals surface area (Å²) in [5.41, 5.74) is 2.68. The SMILES string of the molecule is CCOC(=O)C=C(C)c1cc(C)cc(OCc2coc(-c3ccc(C(F)(F)F)cc3)n2)c1. The molecule has 3 aromatic rings. The van der Waals surface area contributed by atoms with Gasteiger partial charge in [0.15, 0.2) is 0 Å². The zero-order valence-electron chi connectivity index (χ0n) is 17.8. The molecule has 0 unspecified atom stereocenters. The summed E-state index contributed by atoms with van der Waals surface area (Å²) < 4.78 is 54.3. The lowest BCUT2D eigenvalue weighted by Crippen LogP contribution is -2.04. The Balaban J connectivity index is 1.69. The third kappa shape index (κ3) is 6.00. The summed E-state index contributed by atoms with van der Waals surface area (Å²) >= 11 is 0. The molecule has 1 heterocycles. The van der Waals surface area contributed by atoms with Gasteiger partial charge in [-0.05, 0) is 73.9 Å². The Morgan fingerprint density at radius 2 is 1.88 bits per heavy atom. The van der Waals surface area contributed by atoms with Crippen LogP contribution in [-0.4, -0.2) is 17.6 Å². The fraction of sp³-hybridized carbons (Fsp3) is 0.250. The van der Waals surface area contributed by atoms with Crippen molar-refractivity contribution in [2.75, 3.05) is 6.61 Å². The molecule has 0 spiro atoms. The largest absolute Gasteiger partial charge is 0.487 e. The molecular formula is C24H22F3NO4. The van der Waals surface area contributed by atoms with Crippen LogP contribution in [0, 0.1) is 6.92 Å². The highest BCUT2D eigenvalue weighted by atomic mass is 19.4. The van der Waals surface area contributed by atoms with Gasteiger partial charge in [0.05, 0.1) is 12.2 Å². The van der Waals surface area contributed by atoms with Crippen molar-refractivity contribution in [2.45, 2.75) is 33.6 Å². The number of carbonyl (C=O) groups excluding carboxylic acids is 1. The highest BCUT2D eigenvalue weighted by Crippen LogP contribution is 2.31. The van der Waals surface area contributed by atoms with Gasteiger partial charge in [0.2, 0.25) is 5.89 Å². The number of esters is 1.